The zero-order valence-corrected chi connectivity index (χ0v) is 9.02. The molecule has 0 bridgehead atoms. The Morgan fingerprint density at radius 1 is 1.22 bits per heavy atom. The van der Waals surface area contributed by atoms with E-state index in [2.05, 4.69) is 10.3 Å². The van der Waals surface area contributed by atoms with Gasteiger partial charge < -0.3 is 10.4 Å². The molecule has 0 aliphatic heterocycles. The minimum absolute atomic E-state index is 0.0381. The normalized spacial score (nSPS) is 10.1. The summed E-state index contributed by atoms with van der Waals surface area (Å²) in [5.41, 5.74) is -0.132. The predicted octanol–water partition coefficient (Wildman–Crippen LogP) is 2.32. The molecule has 1 aromatic heterocycles. The topological polar surface area (TPSA) is 62.2 Å². The highest BCUT2D eigenvalue weighted by atomic mass is 19.1. The molecule has 4 nitrogen and oxygen atoms in total. The Labute approximate surface area is 101 Å². The van der Waals surface area contributed by atoms with E-state index >= 15 is 0 Å². The lowest BCUT2D eigenvalue weighted by Crippen LogP contribution is -2.14. The number of halogens is 2. The maximum absolute atomic E-state index is 13.3. The molecule has 2 aromatic rings. The van der Waals surface area contributed by atoms with Crippen molar-refractivity contribution in [1.82, 2.24) is 4.98 Å². The summed E-state index contributed by atoms with van der Waals surface area (Å²) in [6, 6.07) is 5.58. The Kier molecular flexibility index (Phi) is 3.18. The zero-order chi connectivity index (χ0) is 13.1. The standard InChI is InChI=1S/C12H8F2N2O2/c13-7-1-3-11(15-6-7)12(18)16-10-4-2-8(17)5-9(10)14/h1-6,17H,(H,16,18). The van der Waals surface area contributed by atoms with Crippen LogP contribution in [0.4, 0.5) is 14.5 Å². The maximum atomic E-state index is 13.3. The van der Waals surface area contributed by atoms with E-state index in [1.165, 1.54) is 18.2 Å². The van der Waals surface area contributed by atoms with Crippen molar-refractivity contribution in [2.45, 2.75) is 0 Å². The molecule has 2 N–H and O–H groups in total. The lowest BCUT2D eigenvalue weighted by atomic mass is 10.2. The third-order valence-electron chi connectivity index (χ3n) is 2.16. The first-order valence-electron chi connectivity index (χ1n) is 4.97. The molecule has 0 saturated carbocycles. The third-order valence-corrected chi connectivity index (χ3v) is 2.16. The second kappa shape index (κ2) is 4.79. The Morgan fingerprint density at radius 2 is 2.00 bits per heavy atom. The highest BCUT2D eigenvalue weighted by Gasteiger charge is 2.10. The Morgan fingerprint density at radius 3 is 2.61 bits per heavy atom. The van der Waals surface area contributed by atoms with Crippen LogP contribution in [0.2, 0.25) is 0 Å². The van der Waals surface area contributed by atoms with Gasteiger partial charge in [-0.25, -0.2) is 13.8 Å². The molecule has 0 radical (unpaired) electrons. The summed E-state index contributed by atoms with van der Waals surface area (Å²) in [4.78, 5) is 15.2. The lowest BCUT2D eigenvalue weighted by molar-refractivity contribution is 0.102. The molecule has 2 rings (SSSR count). The number of benzene rings is 1. The van der Waals surface area contributed by atoms with Crippen LogP contribution in [0.1, 0.15) is 10.5 Å². The van der Waals surface area contributed by atoms with Crippen molar-refractivity contribution in [2.75, 3.05) is 5.32 Å². The van der Waals surface area contributed by atoms with E-state index in [1.807, 2.05) is 0 Å². The Bertz CT molecular complexity index is 585. The van der Waals surface area contributed by atoms with E-state index in [-0.39, 0.29) is 17.1 Å². The van der Waals surface area contributed by atoms with Crippen LogP contribution in [0.25, 0.3) is 0 Å². The molecule has 0 spiro atoms. The molecule has 0 atom stereocenters. The highest BCUT2D eigenvalue weighted by Crippen LogP contribution is 2.19. The summed E-state index contributed by atoms with van der Waals surface area (Å²) in [7, 11) is 0. The summed E-state index contributed by atoms with van der Waals surface area (Å²) >= 11 is 0. The number of nitrogens with one attached hydrogen (secondary N) is 1. The average molecular weight is 250 g/mol. The van der Waals surface area contributed by atoms with Gasteiger partial charge in [0.1, 0.15) is 23.1 Å². The fraction of sp³-hybridized carbons (Fsp3) is 0. The number of phenols is 1. The van der Waals surface area contributed by atoms with Crippen LogP contribution in [0.15, 0.2) is 36.5 Å². The van der Waals surface area contributed by atoms with Crippen molar-refractivity contribution in [3.05, 3.63) is 53.9 Å². The molecule has 1 aromatic carbocycles. The average Bonchev–Trinajstić information content (AvgIpc) is 2.33. The van der Waals surface area contributed by atoms with Gasteiger partial charge in [-0.15, -0.1) is 0 Å². The van der Waals surface area contributed by atoms with Crippen molar-refractivity contribution in [3.8, 4) is 5.75 Å². The van der Waals surface area contributed by atoms with Crippen LogP contribution in [-0.4, -0.2) is 16.0 Å². The molecule has 0 unspecified atom stereocenters. The van der Waals surface area contributed by atoms with E-state index in [0.29, 0.717) is 0 Å². The predicted molar refractivity (Wildman–Crippen MR) is 60.2 cm³/mol. The van der Waals surface area contributed by atoms with Gasteiger partial charge in [-0.3, -0.25) is 4.79 Å². The number of aromatic nitrogens is 1. The Balaban J connectivity index is 2.18. The van der Waals surface area contributed by atoms with Gasteiger partial charge in [-0.05, 0) is 24.3 Å². The summed E-state index contributed by atoms with van der Waals surface area (Å²) in [6.07, 6.45) is 0.891. The zero-order valence-electron chi connectivity index (χ0n) is 9.02. The molecule has 18 heavy (non-hydrogen) atoms. The quantitative estimate of drug-likeness (QED) is 0.804. The van der Waals surface area contributed by atoms with Gasteiger partial charge in [-0.2, -0.15) is 0 Å². The van der Waals surface area contributed by atoms with Crippen LogP contribution in [0, 0.1) is 11.6 Å². The van der Waals surface area contributed by atoms with Gasteiger partial charge in [0, 0.05) is 6.07 Å². The van der Waals surface area contributed by atoms with Gasteiger partial charge in [0.25, 0.3) is 5.91 Å². The van der Waals surface area contributed by atoms with E-state index in [0.717, 1.165) is 18.3 Å². The summed E-state index contributed by atoms with van der Waals surface area (Å²) in [5.74, 6) is -2.25. The van der Waals surface area contributed by atoms with Crippen molar-refractivity contribution >= 4 is 11.6 Å². The largest absolute Gasteiger partial charge is 0.508 e. The number of anilines is 1. The van der Waals surface area contributed by atoms with Gasteiger partial charge >= 0.3 is 0 Å². The first kappa shape index (κ1) is 12.0. The minimum atomic E-state index is -0.773. The molecule has 6 heteroatoms. The van der Waals surface area contributed by atoms with E-state index in [1.54, 1.807) is 0 Å². The van der Waals surface area contributed by atoms with E-state index in [4.69, 9.17) is 5.11 Å². The SMILES string of the molecule is O=C(Nc1ccc(O)cc1F)c1ccc(F)cn1. The van der Waals surface area contributed by atoms with Crippen LogP contribution in [-0.2, 0) is 0 Å². The van der Waals surface area contributed by atoms with Crippen LogP contribution >= 0.6 is 0 Å². The number of aromatic hydroxyl groups is 1. The van der Waals surface area contributed by atoms with Crippen LogP contribution in [0.3, 0.4) is 0 Å². The molecule has 1 amide bonds. The number of rotatable bonds is 2. The first-order chi connectivity index (χ1) is 8.56. The minimum Gasteiger partial charge on any atom is -0.508 e. The number of hydrogen-bond acceptors (Lipinski definition) is 3. The van der Waals surface area contributed by atoms with Gasteiger partial charge in [0.15, 0.2) is 0 Å². The number of carbonyl (C=O) groups is 1. The smallest absolute Gasteiger partial charge is 0.274 e. The van der Waals surface area contributed by atoms with Gasteiger partial charge in [0.2, 0.25) is 0 Å². The number of nitrogens with zero attached hydrogens (tertiary/aromatic N) is 1. The van der Waals surface area contributed by atoms with Crippen LogP contribution < -0.4 is 5.32 Å². The van der Waals surface area contributed by atoms with Crippen molar-refractivity contribution < 1.29 is 18.7 Å². The lowest BCUT2D eigenvalue weighted by Gasteiger charge is -2.06. The summed E-state index contributed by atoms with van der Waals surface area (Å²) in [5, 5.41) is 11.3. The highest BCUT2D eigenvalue weighted by molar-refractivity contribution is 6.02. The van der Waals surface area contributed by atoms with Crippen molar-refractivity contribution in [2.24, 2.45) is 0 Å². The second-order valence-corrected chi connectivity index (χ2v) is 3.48. The summed E-state index contributed by atoms with van der Waals surface area (Å²) < 4.78 is 25.9. The number of amides is 1. The monoisotopic (exact) mass is 250 g/mol. The molecule has 92 valence electrons. The maximum Gasteiger partial charge on any atom is 0.274 e. The number of phenolic OH excluding ortho intramolecular Hbond substituents is 1. The summed E-state index contributed by atoms with van der Waals surface area (Å²) in [6.45, 7) is 0. The van der Waals surface area contributed by atoms with E-state index in [9.17, 15) is 13.6 Å². The molecule has 1 heterocycles. The molecule has 0 fully saturated rings. The fourth-order valence-corrected chi connectivity index (χ4v) is 1.30. The van der Waals surface area contributed by atoms with Gasteiger partial charge in [-0.1, -0.05) is 0 Å². The fourth-order valence-electron chi connectivity index (χ4n) is 1.30. The Hall–Kier alpha value is -2.50. The molecule has 0 aliphatic rings. The molecule has 0 aliphatic carbocycles. The third kappa shape index (κ3) is 2.60. The first-order valence-corrected chi connectivity index (χ1v) is 4.97. The van der Waals surface area contributed by atoms with Crippen molar-refractivity contribution in [3.63, 3.8) is 0 Å². The number of hydrogen-bond donors (Lipinski definition) is 2. The molecular weight excluding hydrogens is 242 g/mol. The van der Waals surface area contributed by atoms with Crippen molar-refractivity contribution in [1.29, 1.82) is 0 Å². The second-order valence-electron chi connectivity index (χ2n) is 3.48. The number of carbonyl (C=O) groups excluding carboxylic acids is 1. The number of pyridine rings is 1. The molecule has 0 saturated heterocycles. The van der Waals surface area contributed by atoms with Gasteiger partial charge in [0.05, 0.1) is 11.9 Å². The van der Waals surface area contributed by atoms with E-state index < -0.39 is 17.5 Å². The van der Waals surface area contributed by atoms with Crippen LogP contribution in [0.5, 0.6) is 5.75 Å². The molecular formula is C12H8F2N2O2.